The van der Waals surface area contributed by atoms with Crippen molar-refractivity contribution in [2.24, 2.45) is 0 Å². The van der Waals surface area contributed by atoms with E-state index in [1.165, 1.54) is 0 Å². The van der Waals surface area contributed by atoms with Crippen molar-refractivity contribution in [2.75, 3.05) is 0 Å². The molecule has 0 fully saturated rings. The number of pyridine rings is 1. The molecule has 19 heavy (non-hydrogen) atoms. The first kappa shape index (κ1) is 12.1. The van der Waals surface area contributed by atoms with Crippen LogP contribution in [0.25, 0.3) is 16.9 Å². The highest BCUT2D eigenvalue weighted by molar-refractivity contribution is 9.10. The molecular formula is C15H12BrN3. The van der Waals surface area contributed by atoms with E-state index < -0.39 is 0 Å². The Morgan fingerprint density at radius 2 is 1.89 bits per heavy atom. The van der Waals surface area contributed by atoms with Crippen molar-refractivity contribution in [3.8, 4) is 16.9 Å². The van der Waals surface area contributed by atoms with Crippen molar-refractivity contribution >= 4 is 15.9 Å². The van der Waals surface area contributed by atoms with E-state index in [9.17, 15) is 0 Å². The van der Waals surface area contributed by atoms with E-state index >= 15 is 0 Å². The molecule has 0 aliphatic rings. The number of aryl methyl sites for hydroxylation is 1. The lowest BCUT2D eigenvalue weighted by Crippen LogP contribution is -1.94. The molecule has 0 N–H and O–H groups in total. The van der Waals surface area contributed by atoms with Crippen molar-refractivity contribution in [2.45, 2.75) is 6.92 Å². The van der Waals surface area contributed by atoms with Gasteiger partial charge in [0.15, 0.2) is 0 Å². The van der Waals surface area contributed by atoms with Gasteiger partial charge in [0.05, 0.1) is 11.4 Å². The fourth-order valence-electron chi connectivity index (χ4n) is 2.01. The third-order valence-electron chi connectivity index (χ3n) is 2.92. The van der Waals surface area contributed by atoms with Gasteiger partial charge in [0.1, 0.15) is 0 Å². The van der Waals surface area contributed by atoms with Gasteiger partial charge in [-0.3, -0.25) is 4.98 Å². The molecule has 3 aromatic rings. The lowest BCUT2D eigenvalue weighted by atomic mass is 10.1. The Hall–Kier alpha value is -1.94. The number of hydrogen-bond donors (Lipinski definition) is 0. The van der Waals surface area contributed by atoms with Gasteiger partial charge in [-0.15, -0.1) is 0 Å². The Morgan fingerprint density at radius 1 is 1.11 bits per heavy atom. The molecule has 1 aromatic carbocycles. The van der Waals surface area contributed by atoms with Gasteiger partial charge in [-0.1, -0.05) is 28.1 Å². The van der Waals surface area contributed by atoms with E-state index in [1.54, 1.807) is 12.4 Å². The second-order valence-corrected chi connectivity index (χ2v) is 5.24. The van der Waals surface area contributed by atoms with Crippen LogP contribution in [0.3, 0.4) is 0 Å². The normalized spacial score (nSPS) is 10.6. The van der Waals surface area contributed by atoms with Crippen LogP contribution >= 0.6 is 15.9 Å². The Labute approximate surface area is 120 Å². The number of hydrogen-bond acceptors (Lipinski definition) is 2. The standard InChI is InChI=1S/C15H12BrN3/c1-11-10-19(14-5-7-17-8-6-14)18-15(11)12-3-2-4-13(16)9-12/h2-10H,1H3. The van der Waals surface area contributed by atoms with Gasteiger partial charge in [0.2, 0.25) is 0 Å². The topological polar surface area (TPSA) is 30.7 Å². The fourth-order valence-corrected chi connectivity index (χ4v) is 2.41. The predicted molar refractivity (Wildman–Crippen MR) is 79.2 cm³/mol. The molecule has 0 atom stereocenters. The summed E-state index contributed by atoms with van der Waals surface area (Å²) in [6.45, 7) is 2.07. The van der Waals surface area contributed by atoms with Crippen molar-refractivity contribution < 1.29 is 0 Å². The summed E-state index contributed by atoms with van der Waals surface area (Å²) in [6, 6.07) is 12.1. The first-order valence-electron chi connectivity index (χ1n) is 5.96. The molecule has 2 heterocycles. The Balaban J connectivity index is 2.08. The van der Waals surface area contributed by atoms with Crippen molar-refractivity contribution in [1.82, 2.24) is 14.8 Å². The van der Waals surface area contributed by atoms with Gasteiger partial charge < -0.3 is 0 Å². The minimum Gasteiger partial charge on any atom is -0.265 e. The summed E-state index contributed by atoms with van der Waals surface area (Å²) >= 11 is 3.49. The Bertz CT molecular complexity index is 704. The van der Waals surface area contributed by atoms with Crippen molar-refractivity contribution in [1.29, 1.82) is 0 Å². The molecule has 0 aliphatic heterocycles. The predicted octanol–water partition coefficient (Wildman–Crippen LogP) is 4.01. The Morgan fingerprint density at radius 3 is 2.63 bits per heavy atom. The highest BCUT2D eigenvalue weighted by Gasteiger charge is 2.08. The summed E-state index contributed by atoms with van der Waals surface area (Å²) in [5.74, 6) is 0. The number of rotatable bonds is 2. The molecule has 94 valence electrons. The molecular weight excluding hydrogens is 302 g/mol. The average molecular weight is 314 g/mol. The van der Waals surface area contributed by atoms with Crippen LogP contribution in [0.4, 0.5) is 0 Å². The van der Waals surface area contributed by atoms with Gasteiger partial charge >= 0.3 is 0 Å². The van der Waals surface area contributed by atoms with Crippen LogP contribution in [0.15, 0.2) is 59.5 Å². The fraction of sp³-hybridized carbons (Fsp3) is 0.0667. The minimum atomic E-state index is 0.998. The van der Waals surface area contributed by atoms with Crippen LogP contribution in [0, 0.1) is 6.92 Å². The summed E-state index contributed by atoms with van der Waals surface area (Å²) in [4.78, 5) is 4.02. The number of aromatic nitrogens is 3. The number of halogens is 1. The van der Waals surface area contributed by atoms with Gasteiger partial charge in [0.25, 0.3) is 0 Å². The lowest BCUT2D eigenvalue weighted by molar-refractivity contribution is 0.881. The van der Waals surface area contributed by atoms with E-state index in [-0.39, 0.29) is 0 Å². The first-order valence-corrected chi connectivity index (χ1v) is 6.76. The van der Waals surface area contributed by atoms with Crippen molar-refractivity contribution in [3.05, 3.63) is 65.0 Å². The maximum Gasteiger partial charge on any atom is 0.0957 e. The molecule has 0 aliphatic carbocycles. The molecule has 3 rings (SSSR count). The third kappa shape index (κ3) is 2.44. The zero-order valence-electron chi connectivity index (χ0n) is 10.4. The molecule has 4 heteroatoms. The molecule has 0 amide bonds. The number of benzene rings is 1. The maximum absolute atomic E-state index is 4.66. The quantitative estimate of drug-likeness (QED) is 0.715. The summed E-state index contributed by atoms with van der Waals surface area (Å²) in [5, 5.41) is 4.66. The van der Waals surface area contributed by atoms with E-state index in [2.05, 4.69) is 45.1 Å². The maximum atomic E-state index is 4.66. The highest BCUT2D eigenvalue weighted by atomic mass is 79.9. The molecule has 2 aromatic heterocycles. The smallest absolute Gasteiger partial charge is 0.0957 e. The third-order valence-corrected chi connectivity index (χ3v) is 3.42. The highest BCUT2D eigenvalue weighted by Crippen LogP contribution is 2.25. The zero-order chi connectivity index (χ0) is 13.2. The summed E-state index contributed by atoms with van der Waals surface area (Å²) in [6.07, 6.45) is 5.57. The summed E-state index contributed by atoms with van der Waals surface area (Å²) in [7, 11) is 0. The Kier molecular flexibility index (Phi) is 3.17. The second-order valence-electron chi connectivity index (χ2n) is 4.32. The molecule has 0 bridgehead atoms. The zero-order valence-corrected chi connectivity index (χ0v) is 12.0. The van der Waals surface area contributed by atoms with Crippen LogP contribution in [0.2, 0.25) is 0 Å². The molecule has 0 saturated heterocycles. The van der Waals surface area contributed by atoms with E-state index in [1.807, 2.05) is 35.1 Å². The van der Waals surface area contributed by atoms with Crippen LogP contribution < -0.4 is 0 Å². The van der Waals surface area contributed by atoms with Crippen LogP contribution in [0.1, 0.15) is 5.56 Å². The van der Waals surface area contributed by atoms with Crippen LogP contribution in [0.5, 0.6) is 0 Å². The largest absolute Gasteiger partial charge is 0.265 e. The van der Waals surface area contributed by atoms with Gasteiger partial charge in [0, 0.05) is 28.6 Å². The van der Waals surface area contributed by atoms with Crippen LogP contribution in [-0.4, -0.2) is 14.8 Å². The SMILES string of the molecule is Cc1cn(-c2ccncc2)nc1-c1cccc(Br)c1. The summed E-state index contributed by atoms with van der Waals surface area (Å²) < 4.78 is 2.94. The van der Waals surface area contributed by atoms with Gasteiger partial charge in [-0.2, -0.15) is 5.10 Å². The first-order chi connectivity index (χ1) is 9.24. The van der Waals surface area contributed by atoms with Gasteiger partial charge in [-0.05, 0) is 36.8 Å². The second kappa shape index (κ2) is 4.97. The molecule has 0 spiro atoms. The lowest BCUT2D eigenvalue weighted by Gasteiger charge is -2.00. The van der Waals surface area contributed by atoms with E-state index in [4.69, 9.17) is 0 Å². The molecule has 3 nitrogen and oxygen atoms in total. The molecule has 0 unspecified atom stereocenters. The minimum absolute atomic E-state index is 0.998. The van der Waals surface area contributed by atoms with Crippen LogP contribution in [-0.2, 0) is 0 Å². The van der Waals surface area contributed by atoms with Crippen molar-refractivity contribution in [3.63, 3.8) is 0 Å². The average Bonchev–Trinajstić information content (AvgIpc) is 2.82. The number of nitrogens with zero attached hydrogens (tertiary/aromatic N) is 3. The molecule has 0 saturated carbocycles. The monoisotopic (exact) mass is 313 g/mol. The van der Waals surface area contributed by atoms with Gasteiger partial charge in [-0.25, -0.2) is 4.68 Å². The van der Waals surface area contributed by atoms with E-state index in [0.29, 0.717) is 0 Å². The summed E-state index contributed by atoms with van der Waals surface area (Å²) in [5.41, 5.74) is 4.27. The van der Waals surface area contributed by atoms with E-state index in [0.717, 1.165) is 27.0 Å². The molecule has 0 radical (unpaired) electrons.